The summed E-state index contributed by atoms with van der Waals surface area (Å²) in [6, 6.07) is 24.4. The highest BCUT2D eigenvalue weighted by atomic mass is 32.1. The van der Waals surface area contributed by atoms with E-state index >= 15 is 0 Å². The number of fused-ring (bicyclic) bond motifs is 13. The monoisotopic (exact) mass is 525 g/mol. The third kappa shape index (κ3) is 3.01. The smallest absolute Gasteiger partial charge is 0.213 e. The van der Waals surface area contributed by atoms with Crippen LogP contribution in [0.2, 0.25) is 0 Å². The summed E-state index contributed by atoms with van der Waals surface area (Å²) in [5, 5.41) is 7.43. The number of furan rings is 1. The van der Waals surface area contributed by atoms with Crippen molar-refractivity contribution in [3.05, 3.63) is 113 Å². The van der Waals surface area contributed by atoms with Gasteiger partial charge in [-0.2, -0.15) is 4.57 Å². The number of thiophene rings is 1. The molecule has 3 aromatic carbocycles. The topological polar surface area (TPSA) is 29.1 Å². The summed E-state index contributed by atoms with van der Waals surface area (Å²) in [5.41, 5.74) is 11.6. The summed E-state index contributed by atoms with van der Waals surface area (Å²) in [7, 11) is 0. The second-order valence-corrected chi connectivity index (χ2v) is 12.1. The van der Waals surface area contributed by atoms with E-state index < -0.39 is 0 Å². The van der Waals surface area contributed by atoms with E-state index in [2.05, 4.69) is 110 Å². The zero-order valence-electron chi connectivity index (χ0n) is 22.3. The van der Waals surface area contributed by atoms with Gasteiger partial charge in [-0.25, -0.2) is 0 Å². The van der Waals surface area contributed by atoms with E-state index in [-0.39, 0.29) is 12.0 Å². The molecule has 2 aliphatic rings. The van der Waals surface area contributed by atoms with Gasteiger partial charge in [0.1, 0.15) is 11.2 Å². The van der Waals surface area contributed by atoms with Crippen LogP contribution in [-0.2, 0) is 0 Å². The largest absolute Gasteiger partial charge is 0.455 e. The maximum atomic E-state index is 6.87. The number of nitrogens with one attached hydrogen (secondary N) is 1. The van der Waals surface area contributed by atoms with Gasteiger partial charge in [-0.1, -0.05) is 36.9 Å². The molecule has 0 aliphatic carbocycles. The van der Waals surface area contributed by atoms with Crippen molar-refractivity contribution in [2.45, 2.75) is 32.7 Å². The quantitative estimate of drug-likeness (QED) is 0.201. The summed E-state index contributed by atoms with van der Waals surface area (Å²) in [4.78, 5) is 1.34. The van der Waals surface area contributed by atoms with Crippen LogP contribution in [0, 0.1) is 13.8 Å². The molecule has 0 fully saturated rings. The summed E-state index contributed by atoms with van der Waals surface area (Å²) < 4.78 is 10.6. The van der Waals surface area contributed by atoms with Crippen LogP contribution < -0.4 is 9.88 Å². The third-order valence-corrected chi connectivity index (χ3v) is 10.1. The van der Waals surface area contributed by atoms with Crippen molar-refractivity contribution in [3.63, 3.8) is 0 Å². The van der Waals surface area contributed by atoms with E-state index in [1.165, 1.54) is 42.7 Å². The Bertz CT molecular complexity index is 2040. The predicted octanol–water partition coefficient (Wildman–Crippen LogP) is 8.69. The van der Waals surface area contributed by atoms with Gasteiger partial charge in [-0.3, -0.25) is 0 Å². The molecule has 5 heterocycles. The van der Waals surface area contributed by atoms with Crippen LogP contribution in [0.25, 0.3) is 54.6 Å². The molecule has 0 amide bonds. The van der Waals surface area contributed by atoms with Crippen LogP contribution in [0.3, 0.4) is 0 Å². The zero-order valence-corrected chi connectivity index (χ0v) is 23.2. The molecule has 0 bridgehead atoms. The SMILES string of the molecule is C=C1c2ccc3c(oc4c3ccc3sc(C)c(C)c34)c2/C(=C/C)NCC2c3ccccc3-c3cccc[n+]3C12. The van der Waals surface area contributed by atoms with Crippen LogP contribution in [0.15, 0.2) is 90.0 Å². The highest BCUT2D eigenvalue weighted by Crippen LogP contribution is 2.48. The Morgan fingerprint density at radius 1 is 0.949 bits per heavy atom. The molecule has 6 aromatic rings. The number of nitrogens with zero attached hydrogens (tertiary/aromatic N) is 1. The average molecular weight is 526 g/mol. The Balaban J connectivity index is 1.42. The Hall–Kier alpha value is -4.15. The fourth-order valence-corrected chi connectivity index (χ4v) is 8.04. The first-order chi connectivity index (χ1) is 19.1. The number of hydrogen-bond donors (Lipinski definition) is 1. The maximum Gasteiger partial charge on any atom is 0.213 e. The maximum absolute atomic E-state index is 6.87. The van der Waals surface area contributed by atoms with Gasteiger partial charge in [0.05, 0.1) is 5.92 Å². The number of aryl methyl sites for hydroxylation is 2. The van der Waals surface area contributed by atoms with Crippen LogP contribution in [0.4, 0.5) is 0 Å². The molecule has 190 valence electrons. The second kappa shape index (κ2) is 8.17. The lowest BCUT2D eigenvalue weighted by Gasteiger charge is -2.35. The fourth-order valence-electron chi connectivity index (χ4n) is 6.97. The van der Waals surface area contributed by atoms with Crippen LogP contribution in [0.5, 0.6) is 0 Å². The highest BCUT2D eigenvalue weighted by Gasteiger charge is 2.43. The van der Waals surface area contributed by atoms with Gasteiger partial charge in [0.15, 0.2) is 12.2 Å². The summed E-state index contributed by atoms with van der Waals surface area (Å²) in [5.74, 6) is 0.249. The van der Waals surface area contributed by atoms with E-state index in [9.17, 15) is 0 Å². The number of benzene rings is 3. The normalized spacial score (nSPS) is 19.4. The Labute approximate surface area is 231 Å². The number of rotatable bonds is 0. The average Bonchev–Trinajstić information content (AvgIpc) is 3.48. The lowest BCUT2D eigenvalue weighted by atomic mass is 9.76. The standard InChI is InChI=1S/C35H29N2OS/c1-5-28-32-22(13-14-25-26-15-16-30-31(19(2)21(4)39-30)34(26)38-35(25)32)20(3)33-27(18-36-28)23-10-6-7-11-24(23)29-12-8-9-17-37(29)33/h5-17,27,33,36H,3,18H2,1-2,4H3/q+1/b28-5-. The lowest BCUT2D eigenvalue weighted by Crippen LogP contribution is -2.50. The minimum Gasteiger partial charge on any atom is -0.455 e. The van der Waals surface area contributed by atoms with Gasteiger partial charge >= 0.3 is 0 Å². The molecule has 8 rings (SSSR count). The number of hydrogen-bond acceptors (Lipinski definition) is 3. The summed E-state index contributed by atoms with van der Waals surface area (Å²) in [6.07, 6.45) is 4.40. The zero-order chi connectivity index (χ0) is 26.4. The van der Waals surface area contributed by atoms with E-state index in [1.54, 1.807) is 0 Å². The predicted molar refractivity (Wildman–Crippen MR) is 163 cm³/mol. The summed E-state index contributed by atoms with van der Waals surface area (Å²) >= 11 is 1.84. The molecule has 2 unspecified atom stereocenters. The second-order valence-electron chi connectivity index (χ2n) is 10.8. The van der Waals surface area contributed by atoms with E-state index in [1.807, 2.05) is 11.3 Å². The van der Waals surface area contributed by atoms with E-state index in [0.29, 0.717) is 0 Å². The molecule has 2 aliphatic heterocycles. The van der Waals surface area contributed by atoms with Gasteiger partial charge < -0.3 is 9.73 Å². The van der Waals surface area contributed by atoms with Gasteiger partial charge in [0.2, 0.25) is 5.69 Å². The first-order valence-electron chi connectivity index (χ1n) is 13.6. The molecular weight excluding hydrogens is 496 g/mol. The minimum atomic E-state index is 0.0936. The summed E-state index contributed by atoms with van der Waals surface area (Å²) in [6.45, 7) is 12.1. The van der Waals surface area contributed by atoms with Crippen molar-refractivity contribution < 1.29 is 8.98 Å². The molecule has 39 heavy (non-hydrogen) atoms. The van der Waals surface area contributed by atoms with Gasteiger partial charge in [0, 0.05) is 66.8 Å². The number of allylic oxidation sites excluding steroid dienone is 2. The molecule has 3 aromatic heterocycles. The molecular formula is C35H29N2OS+. The van der Waals surface area contributed by atoms with Crippen molar-refractivity contribution >= 4 is 54.6 Å². The fraction of sp³-hybridized carbons (Fsp3) is 0.171. The van der Waals surface area contributed by atoms with Gasteiger partial charge in [0.25, 0.3) is 0 Å². The molecule has 0 saturated heterocycles. The molecule has 0 radical (unpaired) electrons. The van der Waals surface area contributed by atoms with E-state index in [4.69, 9.17) is 11.0 Å². The van der Waals surface area contributed by atoms with Crippen molar-refractivity contribution in [2.75, 3.05) is 6.54 Å². The number of pyridine rings is 1. The van der Waals surface area contributed by atoms with Crippen molar-refractivity contribution in [2.24, 2.45) is 0 Å². The molecule has 0 saturated carbocycles. The Kier molecular flexibility index (Phi) is 4.78. The Morgan fingerprint density at radius 2 is 1.74 bits per heavy atom. The van der Waals surface area contributed by atoms with Gasteiger partial charge in [-0.15, -0.1) is 11.3 Å². The molecule has 4 heteroatoms. The first kappa shape index (κ1) is 22.8. The molecule has 1 N–H and O–H groups in total. The lowest BCUT2D eigenvalue weighted by molar-refractivity contribution is -0.703. The number of aromatic nitrogens is 1. The van der Waals surface area contributed by atoms with Crippen molar-refractivity contribution in [3.8, 4) is 11.3 Å². The van der Waals surface area contributed by atoms with Crippen molar-refractivity contribution in [1.82, 2.24) is 5.32 Å². The van der Waals surface area contributed by atoms with E-state index in [0.717, 1.165) is 45.5 Å². The third-order valence-electron chi connectivity index (χ3n) is 8.92. The highest BCUT2D eigenvalue weighted by molar-refractivity contribution is 7.19. The molecule has 3 nitrogen and oxygen atoms in total. The molecule has 0 spiro atoms. The van der Waals surface area contributed by atoms with Crippen LogP contribution >= 0.6 is 11.3 Å². The minimum absolute atomic E-state index is 0.0936. The van der Waals surface area contributed by atoms with Gasteiger partial charge in [-0.05, 0) is 67.8 Å². The van der Waals surface area contributed by atoms with Crippen molar-refractivity contribution in [1.29, 1.82) is 0 Å². The van der Waals surface area contributed by atoms with Crippen LogP contribution in [-0.4, -0.2) is 6.54 Å². The Morgan fingerprint density at radius 3 is 2.62 bits per heavy atom. The van der Waals surface area contributed by atoms with Crippen LogP contribution in [0.1, 0.15) is 46.0 Å². The first-order valence-corrected chi connectivity index (χ1v) is 14.5. The molecule has 2 atom stereocenters.